The third-order valence-corrected chi connectivity index (χ3v) is 7.38. The van der Waals surface area contributed by atoms with Gasteiger partial charge in [-0.1, -0.05) is 15.9 Å². The van der Waals surface area contributed by atoms with Gasteiger partial charge < -0.3 is 9.47 Å². The van der Waals surface area contributed by atoms with Crippen molar-refractivity contribution in [3.63, 3.8) is 0 Å². The summed E-state index contributed by atoms with van der Waals surface area (Å²) in [5.41, 5.74) is 0.135. The number of hydrogen-bond acceptors (Lipinski definition) is 4. The number of hydrogen-bond donors (Lipinski definition) is 0. The Morgan fingerprint density at radius 3 is 2.27 bits per heavy atom. The summed E-state index contributed by atoms with van der Waals surface area (Å²) in [7, 11) is 1.59. The summed E-state index contributed by atoms with van der Waals surface area (Å²) in [5, 5.41) is 0. The van der Waals surface area contributed by atoms with Gasteiger partial charge in [0.15, 0.2) is 6.10 Å². The fourth-order valence-corrected chi connectivity index (χ4v) is 7.17. The van der Waals surface area contributed by atoms with E-state index in [2.05, 4.69) is 15.9 Å². The predicted molar refractivity (Wildman–Crippen MR) is 102 cm³/mol. The highest BCUT2D eigenvalue weighted by Gasteiger charge is 2.60. The van der Waals surface area contributed by atoms with Crippen molar-refractivity contribution >= 4 is 27.7 Å². The van der Waals surface area contributed by atoms with Gasteiger partial charge in [0.2, 0.25) is 5.78 Å². The monoisotopic (exact) mass is 420 g/mol. The molecule has 0 saturated heterocycles. The van der Waals surface area contributed by atoms with E-state index in [9.17, 15) is 9.59 Å². The molecule has 140 valence electrons. The summed E-state index contributed by atoms with van der Waals surface area (Å²) in [5.74, 6) is 1.57. The summed E-state index contributed by atoms with van der Waals surface area (Å²) in [4.78, 5) is 25.7. The molecule has 4 aliphatic carbocycles. The lowest BCUT2D eigenvalue weighted by molar-refractivity contribution is -0.172. The molecule has 0 aromatic heterocycles. The van der Waals surface area contributed by atoms with Crippen molar-refractivity contribution in [1.82, 2.24) is 0 Å². The van der Waals surface area contributed by atoms with E-state index >= 15 is 0 Å². The molecule has 0 spiro atoms. The zero-order valence-corrected chi connectivity index (χ0v) is 16.9. The average molecular weight is 421 g/mol. The van der Waals surface area contributed by atoms with Crippen molar-refractivity contribution in [2.24, 2.45) is 17.3 Å². The van der Waals surface area contributed by atoms with Crippen LogP contribution in [-0.4, -0.2) is 29.3 Å². The maximum atomic E-state index is 13.1. The molecular formula is C21H25BrO4. The van der Waals surface area contributed by atoms with Crippen molar-refractivity contribution in [3.8, 4) is 5.75 Å². The van der Waals surface area contributed by atoms with Crippen LogP contribution in [0.2, 0.25) is 0 Å². The third kappa shape index (κ3) is 3.08. The number of ketones is 1. The molecule has 4 fully saturated rings. The lowest BCUT2D eigenvalue weighted by Gasteiger charge is -2.58. The molecular weight excluding hydrogens is 396 g/mol. The molecule has 4 bridgehead atoms. The van der Waals surface area contributed by atoms with Crippen molar-refractivity contribution in [2.75, 3.05) is 7.11 Å². The fourth-order valence-electron chi connectivity index (χ4n) is 5.72. The highest BCUT2D eigenvalue weighted by molar-refractivity contribution is 9.10. The molecule has 4 nitrogen and oxygen atoms in total. The molecule has 0 aliphatic heterocycles. The van der Waals surface area contributed by atoms with E-state index in [1.807, 2.05) is 0 Å². The molecule has 5 rings (SSSR count). The van der Waals surface area contributed by atoms with Crippen LogP contribution < -0.4 is 4.74 Å². The van der Waals surface area contributed by atoms with Gasteiger partial charge in [0, 0.05) is 9.89 Å². The van der Waals surface area contributed by atoms with Gasteiger partial charge in [0.25, 0.3) is 0 Å². The van der Waals surface area contributed by atoms with Crippen LogP contribution in [-0.2, 0) is 9.53 Å². The summed E-state index contributed by atoms with van der Waals surface area (Å²) < 4.78 is 10.9. The first-order valence-electron chi connectivity index (χ1n) is 9.41. The fraction of sp³-hybridized carbons (Fsp3) is 0.619. The Morgan fingerprint density at radius 1 is 1.12 bits per heavy atom. The van der Waals surface area contributed by atoms with E-state index in [0.717, 1.165) is 19.3 Å². The molecule has 26 heavy (non-hydrogen) atoms. The van der Waals surface area contributed by atoms with Gasteiger partial charge in [0.1, 0.15) is 5.75 Å². The van der Waals surface area contributed by atoms with E-state index in [-0.39, 0.29) is 16.1 Å². The number of methoxy groups -OCH3 is 1. The van der Waals surface area contributed by atoms with Gasteiger partial charge in [-0.05, 0) is 81.5 Å². The topological polar surface area (TPSA) is 52.6 Å². The highest BCUT2D eigenvalue weighted by atomic mass is 79.9. The average Bonchev–Trinajstić information content (AvgIpc) is 2.59. The molecule has 0 N–H and O–H groups in total. The minimum absolute atomic E-state index is 0.0966. The van der Waals surface area contributed by atoms with Crippen LogP contribution in [0.25, 0.3) is 0 Å². The number of rotatable bonds is 5. The second-order valence-electron chi connectivity index (χ2n) is 8.53. The lowest BCUT2D eigenvalue weighted by Crippen LogP contribution is -2.56. The van der Waals surface area contributed by atoms with E-state index < -0.39 is 11.5 Å². The predicted octanol–water partition coefficient (Wildman–Crippen LogP) is 4.54. The summed E-state index contributed by atoms with van der Waals surface area (Å²) >= 11 is 3.92. The molecule has 5 heteroatoms. The van der Waals surface area contributed by atoms with Crippen molar-refractivity contribution < 1.29 is 19.1 Å². The molecule has 4 aliphatic rings. The van der Waals surface area contributed by atoms with Gasteiger partial charge in [-0.2, -0.15) is 0 Å². The number of halogens is 1. The number of alkyl halides is 1. The van der Waals surface area contributed by atoms with Gasteiger partial charge in [-0.15, -0.1) is 0 Å². The van der Waals surface area contributed by atoms with Crippen molar-refractivity contribution in [3.05, 3.63) is 29.8 Å². The van der Waals surface area contributed by atoms with Crippen LogP contribution in [0.15, 0.2) is 24.3 Å². The van der Waals surface area contributed by atoms with Crippen LogP contribution >= 0.6 is 15.9 Å². The normalized spacial score (nSPS) is 35.8. The minimum Gasteiger partial charge on any atom is -0.497 e. The smallest absolute Gasteiger partial charge is 0.312 e. The summed E-state index contributed by atoms with van der Waals surface area (Å²) in [6.07, 6.45) is 5.48. The van der Waals surface area contributed by atoms with Gasteiger partial charge in [0.05, 0.1) is 12.5 Å². The first-order valence-corrected chi connectivity index (χ1v) is 10.2. The number of esters is 1. The molecule has 2 unspecified atom stereocenters. The van der Waals surface area contributed by atoms with Crippen molar-refractivity contribution in [1.29, 1.82) is 0 Å². The zero-order chi connectivity index (χ0) is 18.5. The number of carbonyl (C=O) groups excluding carboxylic acids is 2. The Hall–Kier alpha value is -1.36. The summed E-state index contributed by atoms with van der Waals surface area (Å²) in [6, 6.07) is 6.91. The van der Waals surface area contributed by atoms with Gasteiger partial charge >= 0.3 is 5.97 Å². The number of ether oxygens (including phenoxy) is 2. The standard InChI is InChI=1S/C21H25BrO4/c1-13(18(23)16-3-5-17(25-2)6-4-16)26-19(24)20-8-14-7-15(9-20)11-21(22,10-14)12-20/h3-6,13-15H,7-12H2,1-2H3/t13-,14-,15+,20?,21?/m0/s1. The Kier molecular flexibility index (Phi) is 4.41. The van der Waals surface area contributed by atoms with Crippen molar-refractivity contribution in [2.45, 2.75) is 55.9 Å². The SMILES string of the molecule is COc1ccc(C(=O)[C@H](C)OC(=O)C23C[C@@H]4C[C@@H](CC(Br)(C4)C2)C3)cc1. The van der Waals surface area contributed by atoms with Gasteiger partial charge in [-0.3, -0.25) is 9.59 Å². The van der Waals surface area contributed by atoms with Crippen LogP contribution in [0, 0.1) is 17.3 Å². The van der Waals surface area contributed by atoms with Crippen LogP contribution in [0.1, 0.15) is 55.8 Å². The van der Waals surface area contributed by atoms with Crippen LogP contribution in [0.4, 0.5) is 0 Å². The van der Waals surface area contributed by atoms with Crippen LogP contribution in [0.3, 0.4) is 0 Å². The first-order chi connectivity index (χ1) is 12.3. The Bertz CT molecular complexity index is 712. The summed E-state index contributed by atoms with van der Waals surface area (Å²) in [6.45, 7) is 1.68. The lowest BCUT2D eigenvalue weighted by atomic mass is 9.49. The van der Waals surface area contributed by atoms with E-state index in [1.165, 1.54) is 19.3 Å². The third-order valence-electron chi connectivity index (χ3n) is 6.45. The molecule has 1 aromatic carbocycles. The number of carbonyl (C=O) groups is 2. The van der Waals surface area contributed by atoms with Gasteiger partial charge in [-0.25, -0.2) is 0 Å². The molecule has 0 heterocycles. The molecule has 1 aromatic rings. The quantitative estimate of drug-likeness (QED) is 0.398. The number of benzene rings is 1. The second kappa shape index (κ2) is 6.36. The van der Waals surface area contributed by atoms with E-state index in [1.54, 1.807) is 38.3 Å². The maximum Gasteiger partial charge on any atom is 0.312 e. The molecule has 0 amide bonds. The molecule has 0 radical (unpaired) electrons. The maximum absolute atomic E-state index is 13.1. The van der Waals surface area contributed by atoms with E-state index in [4.69, 9.17) is 9.47 Å². The minimum atomic E-state index is -0.768. The molecule has 4 saturated carbocycles. The zero-order valence-electron chi connectivity index (χ0n) is 15.3. The van der Waals surface area contributed by atoms with E-state index in [0.29, 0.717) is 23.1 Å². The van der Waals surface area contributed by atoms with Crippen LogP contribution in [0.5, 0.6) is 5.75 Å². The Balaban J connectivity index is 1.46. The first kappa shape index (κ1) is 18.0. The molecule has 5 atom stereocenters. The second-order valence-corrected chi connectivity index (χ2v) is 10.2. The number of Topliss-reactive ketones (excluding diaryl/α,β-unsaturated/α-hetero) is 1. The highest BCUT2D eigenvalue weighted by Crippen LogP contribution is 2.64. The largest absolute Gasteiger partial charge is 0.497 e. The Morgan fingerprint density at radius 2 is 1.73 bits per heavy atom. The Labute approximate surface area is 162 Å².